The van der Waals surface area contributed by atoms with Crippen molar-refractivity contribution in [2.24, 2.45) is 0 Å². The lowest BCUT2D eigenvalue weighted by Crippen LogP contribution is -1.93. The SMILES string of the molecule is CC(C)c1cc(-c2cccc(C=C(c3ccc(F)cc3)c3ccc(S(C)=O)cc3)c2)c2ncccc2c1. The van der Waals surface area contributed by atoms with E-state index in [-0.39, 0.29) is 5.82 Å². The number of aromatic nitrogens is 1. The molecule has 4 heteroatoms. The fourth-order valence-corrected chi connectivity index (χ4v) is 5.04. The Balaban J connectivity index is 1.65. The van der Waals surface area contributed by atoms with Gasteiger partial charge in [-0.3, -0.25) is 9.19 Å². The molecule has 37 heavy (non-hydrogen) atoms. The van der Waals surface area contributed by atoms with Gasteiger partial charge in [-0.2, -0.15) is 0 Å². The summed E-state index contributed by atoms with van der Waals surface area (Å²) in [5.74, 6) is 0.128. The normalized spacial score (nSPS) is 12.7. The summed E-state index contributed by atoms with van der Waals surface area (Å²) < 4.78 is 25.6. The van der Waals surface area contributed by atoms with Crippen molar-refractivity contribution in [3.8, 4) is 11.1 Å². The topological polar surface area (TPSA) is 30.0 Å². The fourth-order valence-electron chi connectivity index (χ4n) is 4.52. The molecule has 1 aromatic heterocycles. The Labute approximate surface area is 220 Å². The van der Waals surface area contributed by atoms with Gasteiger partial charge in [-0.1, -0.05) is 62.4 Å². The number of benzene rings is 4. The van der Waals surface area contributed by atoms with Crippen molar-refractivity contribution in [1.82, 2.24) is 4.98 Å². The van der Waals surface area contributed by atoms with E-state index in [9.17, 15) is 8.60 Å². The highest BCUT2D eigenvalue weighted by molar-refractivity contribution is 7.84. The van der Waals surface area contributed by atoms with Crippen LogP contribution in [0, 0.1) is 5.82 Å². The van der Waals surface area contributed by atoms with Crippen LogP contribution in [-0.4, -0.2) is 15.4 Å². The summed E-state index contributed by atoms with van der Waals surface area (Å²) in [7, 11) is -1.05. The van der Waals surface area contributed by atoms with E-state index in [0.717, 1.165) is 49.2 Å². The van der Waals surface area contributed by atoms with Gasteiger partial charge >= 0.3 is 0 Å². The molecule has 1 unspecified atom stereocenters. The van der Waals surface area contributed by atoms with Crippen molar-refractivity contribution in [3.63, 3.8) is 0 Å². The van der Waals surface area contributed by atoms with Gasteiger partial charge in [-0.25, -0.2) is 4.39 Å². The molecule has 5 rings (SSSR count). The summed E-state index contributed by atoms with van der Waals surface area (Å²) in [6.45, 7) is 4.41. The molecule has 1 heterocycles. The van der Waals surface area contributed by atoms with Crippen LogP contribution in [0.2, 0.25) is 0 Å². The van der Waals surface area contributed by atoms with Crippen molar-refractivity contribution >= 4 is 33.4 Å². The van der Waals surface area contributed by atoms with Crippen molar-refractivity contribution in [2.45, 2.75) is 24.7 Å². The number of pyridine rings is 1. The second-order valence-corrected chi connectivity index (χ2v) is 10.8. The summed E-state index contributed by atoms with van der Waals surface area (Å²) in [5.41, 5.74) is 8.33. The average Bonchev–Trinajstić information content (AvgIpc) is 2.92. The predicted octanol–water partition coefficient (Wildman–Crippen LogP) is 8.49. The van der Waals surface area contributed by atoms with E-state index >= 15 is 0 Å². The van der Waals surface area contributed by atoms with Crippen molar-refractivity contribution in [1.29, 1.82) is 0 Å². The first-order valence-electron chi connectivity index (χ1n) is 12.3. The molecule has 0 saturated carbocycles. The maximum atomic E-state index is 13.7. The Kier molecular flexibility index (Phi) is 7.11. The van der Waals surface area contributed by atoms with Crippen LogP contribution in [0.3, 0.4) is 0 Å². The van der Waals surface area contributed by atoms with Gasteiger partial charge in [0.15, 0.2) is 0 Å². The average molecular weight is 506 g/mol. The van der Waals surface area contributed by atoms with Crippen LogP contribution >= 0.6 is 0 Å². The molecule has 0 aliphatic rings. The van der Waals surface area contributed by atoms with Gasteiger partial charge in [0, 0.05) is 39.1 Å². The van der Waals surface area contributed by atoms with Crippen LogP contribution in [0.5, 0.6) is 0 Å². The van der Waals surface area contributed by atoms with Crippen LogP contribution in [-0.2, 0) is 10.8 Å². The molecule has 0 spiro atoms. The lowest BCUT2D eigenvalue weighted by molar-refractivity contribution is 0.627. The zero-order valence-electron chi connectivity index (χ0n) is 21.1. The van der Waals surface area contributed by atoms with Gasteiger partial charge in [0.2, 0.25) is 0 Å². The highest BCUT2D eigenvalue weighted by Crippen LogP contribution is 2.33. The smallest absolute Gasteiger partial charge is 0.123 e. The molecule has 0 saturated heterocycles. The maximum Gasteiger partial charge on any atom is 0.123 e. The monoisotopic (exact) mass is 505 g/mol. The molecule has 4 aromatic carbocycles. The summed E-state index contributed by atoms with van der Waals surface area (Å²) in [5, 5.41) is 1.13. The Bertz CT molecular complexity index is 1620. The Hall–Kier alpha value is -3.89. The molecule has 0 bridgehead atoms. The first-order valence-corrected chi connectivity index (χ1v) is 13.9. The highest BCUT2D eigenvalue weighted by Gasteiger charge is 2.12. The molecule has 0 aliphatic carbocycles. The quantitative estimate of drug-likeness (QED) is 0.217. The van der Waals surface area contributed by atoms with Crippen LogP contribution in [0.15, 0.2) is 108 Å². The van der Waals surface area contributed by atoms with Gasteiger partial charge < -0.3 is 0 Å². The maximum absolute atomic E-state index is 13.7. The Morgan fingerprint density at radius 1 is 0.865 bits per heavy atom. The zero-order chi connectivity index (χ0) is 25.9. The van der Waals surface area contributed by atoms with Crippen LogP contribution in [0.25, 0.3) is 33.7 Å². The predicted molar refractivity (Wildman–Crippen MR) is 153 cm³/mol. The summed E-state index contributed by atoms with van der Waals surface area (Å²) >= 11 is 0. The third-order valence-corrected chi connectivity index (χ3v) is 7.49. The lowest BCUT2D eigenvalue weighted by Gasteiger charge is -2.13. The molecule has 2 nitrogen and oxygen atoms in total. The van der Waals surface area contributed by atoms with E-state index in [4.69, 9.17) is 4.98 Å². The van der Waals surface area contributed by atoms with Gasteiger partial charge in [-0.05, 0) is 93.9 Å². The number of fused-ring (bicyclic) bond motifs is 1. The van der Waals surface area contributed by atoms with Crippen LogP contribution in [0.1, 0.15) is 42.0 Å². The molecule has 0 fully saturated rings. The minimum Gasteiger partial charge on any atom is -0.256 e. The molecule has 5 aromatic rings. The summed E-state index contributed by atoms with van der Waals surface area (Å²) in [6, 6.07) is 31.2. The van der Waals surface area contributed by atoms with Gasteiger partial charge in [0.25, 0.3) is 0 Å². The van der Waals surface area contributed by atoms with Crippen molar-refractivity contribution < 1.29 is 8.60 Å². The standard InChI is InChI=1S/C33H28FNOS/c1-22(2)28-20-27-8-5-17-35-33(27)32(21-28)26-7-4-6-23(18-26)19-31(24-9-13-29(34)14-10-24)25-11-15-30(16-12-25)37(3)36/h4-22H,1-3H3. The van der Waals surface area contributed by atoms with E-state index in [1.165, 1.54) is 17.7 Å². The molecule has 0 amide bonds. The molecule has 0 radical (unpaired) electrons. The van der Waals surface area contributed by atoms with Crippen molar-refractivity contribution in [2.75, 3.05) is 6.26 Å². The molecular weight excluding hydrogens is 477 g/mol. The summed E-state index contributed by atoms with van der Waals surface area (Å²) in [4.78, 5) is 5.47. The number of halogens is 1. The zero-order valence-corrected chi connectivity index (χ0v) is 21.9. The molecular formula is C33H28FNOS. The van der Waals surface area contributed by atoms with Crippen molar-refractivity contribution in [3.05, 3.63) is 131 Å². The first kappa shape index (κ1) is 24.8. The number of hydrogen-bond donors (Lipinski definition) is 0. The number of hydrogen-bond acceptors (Lipinski definition) is 2. The van der Waals surface area contributed by atoms with Crippen LogP contribution < -0.4 is 0 Å². The summed E-state index contributed by atoms with van der Waals surface area (Å²) in [6.07, 6.45) is 5.63. The fraction of sp³-hybridized carbons (Fsp3) is 0.121. The number of nitrogens with zero attached hydrogens (tertiary/aromatic N) is 1. The van der Waals surface area contributed by atoms with Gasteiger partial charge in [0.1, 0.15) is 5.82 Å². The molecule has 0 aliphatic heterocycles. The van der Waals surface area contributed by atoms with E-state index in [1.807, 2.05) is 36.5 Å². The van der Waals surface area contributed by atoms with E-state index in [0.29, 0.717) is 5.92 Å². The molecule has 0 N–H and O–H groups in total. The Morgan fingerprint density at radius 2 is 1.57 bits per heavy atom. The molecule has 184 valence electrons. The van der Waals surface area contributed by atoms with E-state index < -0.39 is 10.8 Å². The third kappa shape index (κ3) is 5.45. The van der Waals surface area contributed by atoms with Crippen LogP contribution in [0.4, 0.5) is 4.39 Å². The number of rotatable bonds is 6. The minimum atomic E-state index is -1.05. The molecule has 1 atom stereocenters. The second kappa shape index (κ2) is 10.6. The second-order valence-electron chi connectivity index (χ2n) is 9.47. The first-order chi connectivity index (χ1) is 17.9. The lowest BCUT2D eigenvalue weighted by atomic mass is 9.92. The highest BCUT2D eigenvalue weighted by atomic mass is 32.2. The third-order valence-electron chi connectivity index (χ3n) is 6.55. The largest absolute Gasteiger partial charge is 0.256 e. The van der Waals surface area contributed by atoms with E-state index in [2.05, 4.69) is 62.4 Å². The Morgan fingerprint density at radius 3 is 2.24 bits per heavy atom. The van der Waals surface area contributed by atoms with E-state index in [1.54, 1.807) is 18.4 Å². The minimum absolute atomic E-state index is 0.272. The van der Waals surface area contributed by atoms with Gasteiger partial charge in [0.05, 0.1) is 5.52 Å². The van der Waals surface area contributed by atoms with Gasteiger partial charge in [-0.15, -0.1) is 0 Å².